The lowest BCUT2D eigenvalue weighted by Gasteiger charge is -2.30. The molecule has 0 saturated carbocycles. The van der Waals surface area contributed by atoms with Crippen molar-refractivity contribution in [1.82, 2.24) is 24.1 Å². The zero-order valence-corrected chi connectivity index (χ0v) is 17.5. The number of nitrogens with zero attached hydrogens (tertiary/aromatic N) is 5. The monoisotopic (exact) mass is 399 g/mol. The summed E-state index contributed by atoms with van der Waals surface area (Å²) in [5.41, 5.74) is 3.39. The van der Waals surface area contributed by atoms with Gasteiger partial charge in [-0.15, -0.1) is 11.3 Å². The minimum atomic E-state index is -0.137. The molecule has 3 aromatic rings. The topological polar surface area (TPSA) is 72.5 Å². The zero-order chi connectivity index (χ0) is 20.0. The quantitative estimate of drug-likeness (QED) is 0.679. The fourth-order valence-corrected chi connectivity index (χ4v) is 4.82. The van der Waals surface area contributed by atoms with E-state index in [0.717, 1.165) is 37.3 Å². The van der Waals surface area contributed by atoms with Crippen LogP contribution in [-0.2, 0) is 18.3 Å². The number of carbonyl (C=O) groups excluding carboxylic acids is 1. The summed E-state index contributed by atoms with van der Waals surface area (Å²) in [5.74, 6) is 0.753. The molecule has 4 rings (SSSR count). The van der Waals surface area contributed by atoms with Crippen molar-refractivity contribution in [2.75, 3.05) is 13.1 Å². The Kier molecular flexibility index (Phi) is 4.82. The summed E-state index contributed by atoms with van der Waals surface area (Å²) >= 11 is 1.40. The molecule has 148 valence electrons. The number of piperidine rings is 1. The lowest BCUT2D eigenvalue weighted by atomic mass is 9.99. The van der Waals surface area contributed by atoms with Crippen molar-refractivity contribution in [3.63, 3.8) is 0 Å². The maximum absolute atomic E-state index is 13.4. The van der Waals surface area contributed by atoms with Crippen LogP contribution in [0.5, 0.6) is 0 Å². The molecule has 0 radical (unpaired) electrons. The van der Waals surface area contributed by atoms with E-state index in [1.165, 1.54) is 11.3 Å². The maximum Gasteiger partial charge on any atom is 0.268 e. The predicted molar refractivity (Wildman–Crippen MR) is 110 cm³/mol. The lowest BCUT2D eigenvalue weighted by Crippen LogP contribution is -2.39. The molecule has 1 aliphatic heterocycles. The van der Waals surface area contributed by atoms with Crippen LogP contribution in [0.3, 0.4) is 0 Å². The Balaban J connectivity index is 1.73. The van der Waals surface area contributed by atoms with E-state index in [4.69, 9.17) is 0 Å². The molecule has 4 heterocycles. The van der Waals surface area contributed by atoms with Crippen molar-refractivity contribution in [3.05, 3.63) is 38.9 Å². The molecule has 0 aromatic carbocycles. The van der Waals surface area contributed by atoms with Crippen LogP contribution in [0.15, 0.2) is 16.2 Å². The Labute approximate surface area is 167 Å². The molecule has 7 nitrogen and oxygen atoms in total. The largest absolute Gasteiger partial charge is 0.342 e. The smallest absolute Gasteiger partial charge is 0.268 e. The van der Waals surface area contributed by atoms with Crippen LogP contribution < -0.4 is 5.56 Å². The summed E-state index contributed by atoms with van der Waals surface area (Å²) in [5, 5.41) is 6.24. The Hall–Kier alpha value is -2.48. The number of fused-ring (bicyclic) bond motifs is 1. The number of aryl methyl sites for hydroxylation is 3. The van der Waals surface area contributed by atoms with Crippen LogP contribution in [0.2, 0.25) is 0 Å². The summed E-state index contributed by atoms with van der Waals surface area (Å²) in [6, 6.07) is 1.89. The van der Waals surface area contributed by atoms with E-state index >= 15 is 0 Å². The minimum absolute atomic E-state index is 0.0806. The van der Waals surface area contributed by atoms with E-state index in [0.29, 0.717) is 27.8 Å². The van der Waals surface area contributed by atoms with E-state index < -0.39 is 0 Å². The fourth-order valence-electron chi connectivity index (χ4n) is 3.89. The molecule has 0 aliphatic carbocycles. The Bertz CT molecular complexity index is 1100. The van der Waals surface area contributed by atoms with Gasteiger partial charge in [-0.05, 0) is 38.7 Å². The molecule has 1 aliphatic rings. The van der Waals surface area contributed by atoms with Crippen LogP contribution in [0.4, 0.5) is 0 Å². The molecule has 3 aromatic heterocycles. The highest BCUT2D eigenvalue weighted by atomic mass is 32.1. The van der Waals surface area contributed by atoms with Gasteiger partial charge in [-0.1, -0.05) is 6.92 Å². The highest BCUT2D eigenvalue weighted by Crippen LogP contribution is 2.23. The second-order valence-electron chi connectivity index (χ2n) is 7.76. The fraction of sp³-hybridized carbons (Fsp3) is 0.500. The van der Waals surface area contributed by atoms with E-state index in [1.807, 2.05) is 37.2 Å². The molecule has 0 bridgehead atoms. The first kappa shape index (κ1) is 18.9. The van der Waals surface area contributed by atoms with Crippen LogP contribution in [-0.4, -0.2) is 43.1 Å². The highest BCUT2D eigenvalue weighted by molar-refractivity contribution is 7.15. The second-order valence-corrected chi connectivity index (χ2v) is 8.59. The molecule has 8 heteroatoms. The first-order valence-corrected chi connectivity index (χ1v) is 10.5. The van der Waals surface area contributed by atoms with Gasteiger partial charge in [0, 0.05) is 31.2 Å². The van der Waals surface area contributed by atoms with Crippen molar-refractivity contribution in [2.45, 2.75) is 40.0 Å². The van der Waals surface area contributed by atoms with Gasteiger partial charge in [0.25, 0.3) is 5.56 Å². The Morgan fingerprint density at radius 3 is 2.64 bits per heavy atom. The number of likely N-dealkylation sites (tertiary alicyclic amines) is 1. The van der Waals surface area contributed by atoms with Gasteiger partial charge < -0.3 is 4.90 Å². The maximum atomic E-state index is 13.4. The van der Waals surface area contributed by atoms with Crippen molar-refractivity contribution >= 4 is 22.2 Å². The molecule has 0 spiro atoms. The summed E-state index contributed by atoms with van der Waals surface area (Å²) in [7, 11) is 1.82. The summed E-state index contributed by atoms with van der Waals surface area (Å²) in [6.07, 6.45) is 2.31. The zero-order valence-electron chi connectivity index (χ0n) is 16.7. The standard InChI is InChI=1S/C20H25N5O2S/c1-12-5-7-24(8-6-12)17(26)10-15-11-28-20-21-14(3)18(19(27)25(15)20)16-9-13(2)22-23(16)4/h9,11-12H,5-8,10H2,1-4H3. The van der Waals surface area contributed by atoms with Crippen molar-refractivity contribution < 1.29 is 4.79 Å². The van der Waals surface area contributed by atoms with Crippen LogP contribution in [0.25, 0.3) is 16.2 Å². The van der Waals surface area contributed by atoms with Gasteiger partial charge in [-0.2, -0.15) is 5.10 Å². The molecule has 0 N–H and O–H groups in total. The van der Waals surface area contributed by atoms with E-state index in [-0.39, 0.29) is 17.9 Å². The van der Waals surface area contributed by atoms with Gasteiger partial charge >= 0.3 is 0 Å². The molecule has 1 saturated heterocycles. The number of thiazole rings is 1. The lowest BCUT2D eigenvalue weighted by molar-refractivity contribution is -0.131. The average Bonchev–Trinajstić information content (AvgIpc) is 3.18. The van der Waals surface area contributed by atoms with Crippen molar-refractivity contribution in [1.29, 1.82) is 0 Å². The first-order valence-electron chi connectivity index (χ1n) is 9.63. The van der Waals surface area contributed by atoms with Gasteiger partial charge in [-0.3, -0.25) is 18.7 Å². The first-order chi connectivity index (χ1) is 13.3. The van der Waals surface area contributed by atoms with Crippen molar-refractivity contribution in [3.8, 4) is 11.3 Å². The molecular weight excluding hydrogens is 374 g/mol. The average molecular weight is 400 g/mol. The number of carbonyl (C=O) groups is 1. The number of hydrogen-bond donors (Lipinski definition) is 0. The SMILES string of the molecule is Cc1cc(-c2c(C)nc3scc(CC(=O)N4CCC(C)CC4)n3c2=O)n(C)n1. The van der Waals surface area contributed by atoms with Gasteiger partial charge in [-0.25, -0.2) is 4.98 Å². The molecule has 1 fully saturated rings. The minimum Gasteiger partial charge on any atom is -0.342 e. The molecule has 0 unspecified atom stereocenters. The van der Waals surface area contributed by atoms with E-state index in [9.17, 15) is 9.59 Å². The Morgan fingerprint density at radius 1 is 1.29 bits per heavy atom. The predicted octanol–water partition coefficient (Wildman–Crippen LogP) is 2.57. The third-order valence-corrected chi connectivity index (χ3v) is 6.42. The van der Waals surface area contributed by atoms with Gasteiger partial charge in [0.2, 0.25) is 5.91 Å². The summed E-state index contributed by atoms with van der Waals surface area (Å²) in [4.78, 5) is 33.3. The van der Waals surface area contributed by atoms with Crippen LogP contribution in [0.1, 0.15) is 36.8 Å². The Morgan fingerprint density at radius 2 is 2.00 bits per heavy atom. The summed E-state index contributed by atoms with van der Waals surface area (Å²) in [6.45, 7) is 7.57. The number of rotatable bonds is 3. The molecule has 28 heavy (non-hydrogen) atoms. The van der Waals surface area contributed by atoms with Gasteiger partial charge in [0.15, 0.2) is 4.96 Å². The van der Waals surface area contributed by atoms with Gasteiger partial charge in [0.1, 0.15) is 0 Å². The van der Waals surface area contributed by atoms with E-state index in [1.54, 1.807) is 9.08 Å². The highest BCUT2D eigenvalue weighted by Gasteiger charge is 2.23. The third-order valence-electron chi connectivity index (χ3n) is 5.55. The van der Waals surface area contributed by atoms with Crippen molar-refractivity contribution in [2.24, 2.45) is 13.0 Å². The van der Waals surface area contributed by atoms with Crippen LogP contribution in [0, 0.1) is 19.8 Å². The normalized spacial score (nSPS) is 15.5. The van der Waals surface area contributed by atoms with Gasteiger partial charge in [0.05, 0.1) is 29.1 Å². The number of hydrogen-bond acceptors (Lipinski definition) is 5. The number of aromatic nitrogens is 4. The van der Waals surface area contributed by atoms with E-state index in [2.05, 4.69) is 17.0 Å². The molecule has 1 amide bonds. The number of amides is 1. The second kappa shape index (κ2) is 7.16. The molecular formula is C20H25N5O2S. The summed E-state index contributed by atoms with van der Waals surface area (Å²) < 4.78 is 3.30. The third kappa shape index (κ3) is 3.26. The molecule has 0 atom stereocenters. The van der Waals surface area contributed by atoms with Crippen LogP contribution >= 0.6 is 11.3 Å².